The van der Waals surface area contributed by atoms with Crippen LogP contribution in [-0.4, -0.2) is 37.2 Å². The third-order valence-corrected chi connectivity index (χ3v) is 9.51. The van der Waals surface area contributed by atoms with Gasteiger partial charge in [0.25, 0.3) is 0 Å². The summed E-state index contributed by atoms with van der Waals surface area (Å²) in [4.78, 5) is 2.95. The Morgan fingerprint density at radius 2 is 1.72 bits per heavy atom. The van der Waals surface area contributed by atoms with Gasteiger partial charge in [0.2, 0.25) is 0 Å². The van der Waals surface area contributed by atoms with Crippen LogP contribution in [-0.2, 0) is 9.84 Å². The Kier molecular flexibility index (Phi) is 5.56. The molecule has 1 aliphatic heterocycles. The van der Waals surface area contributed by atoms with Crippen molar-refractivity contribution >= 4 is 9.84 Å². The molecule has 0 aromatic heterocycles. The summed E-state index contributed by atoms with van der Waals surface area (Å²) in [7, 11) is -3.34. The van der Waals surface area contributed by atoms with Crippen molar-refractivity contribution in [2.24, 2.45) is 5.92 Å². The third-order valence-electron chi connectivity index (χ3n) is 6.96. The van der Waals surface area contributed by atoms with Crippen LogP contribution < -0.4 is 0 Å². The van der Waals surface area contributed by atoms with E-state index in [1.165, 1.54) is 12.0 Å². The van der Waals surface area contributed by atoms with Crippen LogP contribution in [0.3, 0.4) is 0 Å². The normalized spacial score (nSPS) is 24.9. The van der Waals surface area contributed by atoms with E-state index in [1.54, 1.807) is 36.4 Å². The van der Waals surface area contributed by atoms with Crippen molar-refractivity contribution in [3.05, 3.63) is 66.0 Å². The van der Waals surface area contributed by atoms with Crippen molar-refractivity contribution in [1.82, 2.24) is 4.90 Å². The van der Waals surface area contributed by atoms with Crippen molar-refractivity contribution in [1.29, 1.82) is 0 Å². The number of rotatable bonds is 7. The van der Waals surface area contributed by atoms with Crippen molar-refractivity contribution in [2.45, 2.75) is 61.1 Å². The Morgan fingerprint density at radius 1 is 1.03 bits per heavy atom. The number of nitrogens with zero attached hydrogens (tertiary/aromatic N) is 1. The molecule has 29 heavy (non-hydrogen) atoms. The van der Waals surface area contributed by atoms with Crippen molar-refractivity contribution in [3.63, 3.8) is 0 Å². The molecule has 0 spiro atoms. The lowest BCUT2D eigenvalue weighted by Gasteiger charge is -2.33. The van der Waals surface area contributed by atoms with Crippen LogP contribution >= 0.6 is 0 Å². The van der Waals surface area contributed by atoms with Crippen LogP contribution in [0.1, 0.15) is 51.0 Å². The highest BCUT2D eigenvalue weighted by Crippen LogP contribution is 2.47. The van der Waals surface area contributed by atoms with E-state index < -0.39 is 14.6 Å². The lowest BCUT2D eigenvalue weighted by atomic mass is 9.87. The quantitative estimate of drug-likeness (QED) is 0.636. The maximum absolute atomic E-state index is 13.2. The third kappa shape index (κ3) is 3.99. The molecule has 1 saturated heterocycles. The van der Waals surface area contributed by atoms with Crippen LogP contribution in [0.2, 0.25) is 0 Å². The largest absolute Gasteiger partial charge is 0.300 e. The van der Waals surface area contributed by atoms with E-state index in [-0.39, 0.29) is 5.82 Å². The van der Waals surface area contributed by atoms with Gasteiger partial charge in [-0.05, 0) is 87.7 Å². The molecule has 1 heterocycles. The van der Waals surface area contributed by atoms with Gasteiger partial charge in [-0.3, -0.25) is 0 Å². The molecule has 1 saturated carbocycles. The van der Waals surface area contributed by atoms with Crippen LogP contribution in [0.25, 0.3) is 0 Å². The molecule has 0 radical (unpaired) electrons. The van der Waals surface area contributed by atoms with Crippen molar-refractivity contribution < 1.29 is 12.8 Å². The first-order valence-electron chi connectivity index (χ1n) is 10.6. The molecule has 0 amide bonds. The summed E-state index contributed by atoms with van der Waals surface area (Å²) in [6.45, 7) is 5.70. The first-order valence-corrected chi connectivity index (χ1v) is 12.1. The summed E-state index contributed by atoms with van der Waals surface area (Å²) in [5.74, 6) is 0.991. The second-order valence-corrected chi connectivity index (χ2v) is 11.8. The van der Waals surface area contributed by atoms with Gasteiger partial charge in [0.05, 0.1) is 9.64 Å². The van der Waals surface area contributed by atoms with Gasteiger partial charge in [-0.1, -0.05) is 30.3 Å². The molecule has 5 heteroatoms. The number of benzene rings is 2. The predicted octanol–water partition coefficient (Wildman–Crippen LogP) is 5.04. The van der Waals surface area contributed by atoms with E-state index in [0.717, 1.165) is 25.9 Å². The molecule has 0 N–H and O–H groups in total. The minimum Gasteiger partial charge on any atom is -0.300 e. The highest BCUT2D eigenvalue weighted by Gasteiger charge is 2.45. The van der Waals surface area contributed by atoms with Crippen molar-refractivity contribution in [2.75, 3.05) is 13.1 Å². The summed E-state index contributed by atoms with van der Waals surface area (Å²) in [6, 6.07) is 16.3. The van der Waals surface area contributed by atoms with Crippen LogP contribution in [0, 0.1) is 11.7 Å². The standard InChI is InChI=1S/C24H30FNO2S/c1-24(2,29(27,28)22-7-4-3-5-8-22)13-6-14-26-17-19-15-21(26)16-23(19)18-9-11-20(25)12-10-18/h3-5,7-12,19,21,23H,6,13-17H2,1-2H3/t19-,21-,23-/m1/s1. The fraction of sp³-hybridized carbons (Fsp3) is 0.500. The van der Waals surface area contributed by atoms with Gasteiger partial charge in [0.15, 0.2) is 9.84 Å². The Hall–Kier alpha value is -1.72. The average molecular weight is 416 g/mol. The Bertz CT molecular complexity index is 941. The summed E-state index contributed by atoms with van der Waals surface area (Å²) < 4.78 is 38.4. The van der Waals surface area contributed by atoms with E-state index in [1.807, 2.05) is 32.0 Å². The van der Waals surface area contributed by atoms with E-state index in [2.05, 4.69) is 4.90 Å². The van der Waals surface area contributed by atoms with Gasteiger partial charge < -0.3 is 4.90 Å². The Labute approximate surface area is 173 Å². The lowest BCUT2D eigenvalue weighted by Crippen LogP contribution is -2.37. The number of fused-ring (bicyclic) bond motifs is 2. The lowest BCUT2D eigenvalue weighted by molar-refractivity contribution is 0.194. The zero-order valence-electron chi connectivity index (χ0n) is 17.2. The van der Waals surface area contributed by atoms with Crippen LogP contribution in [0.4, 0.5) is 4.39 Å². The predicted molar refractivity (Wildman–Crippen MR) is 114 cm³/mol. The first-order chi connectivity index (χ1) is 13.8. The fourth-order valence-corrected chi connectivity index (χ4v) is 6.77. The molecule has 2 fully saturated rings. The van der Waals surface area contributed by atoms with Gasteiger partial charge >= 0.3 is 0 Å². The van der Waals surface area contributed by atoms with Gasteiger partial charge in [0.1, 0.15) is 5.82 Å². The van der Waals surface area contributed by atoms with Gasteiger partial charge in [-0.2, -0.15) is 0 Å². The average Bonchev–Trinajstić information content (AvgIpc) is 3.29. The van der Waals surface area contributed by atoms with Gasteiger partial charge in [0, 0.05) is 12.6 Å². The second-order valence-electron chi connectivity index (χ2n) is 9.22. The summed E-state index contributed by atoms with van der Waals surface area (Å²) >= 11 is 0. The summed E-state index contributed by atoms with van der Waals surface area (Å²) in [5.41, 5.74) is 1.26. The maximum Gasteiger partial charge on any atom is 0.183 e. The number of hydrogen-bond donors (Lipinski definition) is 0. The summed E-state index contributed by atoms with van der Waals surface area (Å²) in [6.07, 6.45) is 3.86. The molecule has 2 aliphatic rings. The smallest absolute Gasteiger partial charge is 0.183 e. The zero-order chi connectivity index (χ0) is 20.6. The molecule has 1 aliphatic carbocycles. The topological polar surface area (TPSA) is 37.4 Å². The monoisotopic (exact) mass is 415 g/mol. The van der Waals surface area contributed by atoms with E-state index >= 15 is 0 Å². The van der Waals surface area contributed by atoms with Crippen LogP contribution in [0.15, 0.2) is 59.5 Å². The highest BCUT2D eigenvalue weighted by atomic mass is 32.2. The molecule has 2 aromatic carbocycles. The molecule has 2 bridgehead atoms. The fourth-order valence-electron chi connectivity index (χ4n) is 5.20. The minimum absolute atomic E-state index is 0.174. The zero-order valence-corrected chi connectivity index (χ0v) is 18.0. The first kappa shape index (κ1) is 20.5. The molecule has 4 rings (SSSR count). The Morgan fingerprint density at radius 3 is 2.34 bits per heavy atom. The number of piperidine rings is 1. The van der Waals surface area contributed by atoms with Gasteiger partial charge in [-0.25, -0.2) is 12.8 Å². The number of sulfone groups is 1. The molecule has 3 nitrogen and oxygen atoms in total. The van der Waals surface area contributed by atoms with E-state index in [9.17, 15) is 12.8 Å². The molecule has 0 unspecified atom stereocenters. The van der Waals surface area contributed by atoms with Crippen molar-refractivity contribution in [3.8, 4) is 0 Å². The molecular weight excluding hydrogens is 385 g/mol. The minimum atomic E-state index is -3.34. The SMILES string of the molecule is CC(C)(CCCN1C[C@H]2C[C@@H]1C[C@@H]2c1ccc(F)cc1)S(=O)(=O)c1ccccc1. The number of likely N-dealkylation sites (tertiary alicyclic amines) is 1. The van der Waals surface area contributed by atoms with E-state index in [0.29, 0.717) is 29.2 Å². The molecule has 2 aromatic rings. The number of halogens is 1. The second kappa shape index (κ2) is 7.84. The van der Waals surface area contributed by atoms with Crippen LogP contribution in [0.5, 0.6) is 0 Å². The Balaban J connectivity index is 1.32. The number of hydrogen-bond acceptors (Lipinski definition) is 3. The molecule has 3 atom stereocenters. The summed E-state index contributed by atoms with van der Waals surface area (Å²) in [5, 5.41) is 0. The van der Waals surface area contributed by atoms with Gasteiger partial charge in [-0.15, -0.1) is 0 Å². The maximum atomic E-state index is 13.2. The highest BCUT2D eigenvalue weighted by molar-refractivity contribution is 7.92. The molecular formula is C24H30FNO2S. The molecule has 156 valence electrons. The van der Waals surface area contributed by atoms with E-state index in [4.69, 9.17) is 0 Å².